The fourth-order valence-electron chi connectivity index (χ4n) is 1.50. The van der Waals surface area contributed by atoms with Crippen LogP contribution in [0.2, 0.25) is 5.02 Å². The maximum Gasteiger partial charge on any atom is 0.0991 e. The molecular weight excluding hydrogens is 238 g/mol. The average Bonchev–Trinajstić information content (AvgIpc) is 2.75. The van der Waals surface area contributed by atoms with Gasteiger partial charge in [0, 0.05) is 6.20 Å². The van der Waals surface area contributed by atoms with Crippen molar-refractivity contribution >= 4 is 11.6 Å². The van der Waals surface area contributed by atoms with Crippen LogP contribution < -0.4 is 0 Å². The van der Waals surface area contributed by atoms with E-state index in [9.17, 15) is 5.11 Å². The maximum absolute atomic E-state index is 9.96. The molecule has 0 radical (unpaired) electrons. The summed E-state index contributed by atoms with van der Waals surface area (Å²) < 4.78 is 1.57. The average molecular weight is 248 g/mol. The molecule has 0 spiro atoms. The molecule has 1 N–H and O–H groups in total. The number of nitriles is 1. The second kappa shape index (κ2) is 5.00. The molecule has 1 atom stereocenters. The van der Waals surface area contributed by atoms with Gasteiger partial charge in [0.05, 0.1) is 35.5 Å². The Balaban J connectivity index is 2.09. The van der Waals surface area contributed by atoms with Gasteiger partial charge in [-0.2, -0.15) is 10.4 Å². The van der Waals surface area contributed by atoms with Gasteiger partial charge in [0.2, 0.25) is 0 Å². The number of benzene rings is 1. The van der Waals surface area contributed by atoms with Gasteiger partial charge in [-0.05, 0) is 17.7 Å². The summed E-state index contributed by atoms with van der Waals surface area (Å²) in [4.78, 5) is 0. The van der Waals surface area contributed by atoms with E-state index in [1.54, 1.807) is 35.1 Å². The van der Waals surface area contributed by atoms with Crippen molar-refractivity contribution in [2.45, 2.75) is 12.6 Å². The minimum atomic E-state index is -0.668. The minimum Gasteiger partial charge on any atom is -0.386 e. The highest BCUT2D eigenvalue weighted by Crippen LogP contribution is 2.16. The standard InChI is InChI=1S/C12H10ClN3O/c13-11-6-15-16(7-11)8-12(17)10-3-1-9(5-14)2-4-10/h1-4,6-7,12,17H,8H2. The minimum absolute atomic E-state index is 0.332. The van der Waals surface area contributed by atoms with Gasteiger partial charge in [0.1, 0.15) is 0 Å². The zero-order valence-electron chi connectivity index (χ0n) is 8.92. The largest absolute Gasteiger partial charge is 0.386 e. The molecule has 1 aromatic heterocycles. The van der Waals surface area contributed by atoms with E-state index in [4.69, 9.17) is 16.9 Å². The Bertz CT molecular complexity index is 542. The zero-order valence-corrected chi connectivity index (χ0v) is 9.67. The Morgan fingerprint density at radius 3 is 2.65 bits per heavy atom. The molecule has 2 aromatic rings. The van der Waals surface area contributed by atoms with Crippen molar-refractivity contribution in [1.82, 2.24) is 9.78 Å². The molecule has 1 unspecified atom stereocenters. The van der Waals surface area contributed by atoms with Gasteiger partial charge >= 0.3 is 0 Å². The number of nitrogens with zero attached hydrogens (tertiary/aromatic N) is 3. The van der Waals surface area contributed by atoms with Crippen LogP contribution in [-0.4, -0.2) is 14.9 Å². The molecule has 0 bridgehead atoms. The van der Waals surface area contributed by atoms with Crippen molar-refractivity contribution in [1.29, 1.82) is 5.26 Å². The lowest BCUT2D eigenvalue weighted by Gasteiger charge is -2.10. The van der Waals surface area contributed by atoms with E-state index < -0.39 is 6.10 Å². The first kappa shape index (κ1) is 11.6. The Kier molecular flexibility index (Phi) is 3.43. The van der Waals surface area contributed by atoms with Crippen molar-refractivity contribution in [3.63, 3.8) is 0 Å². The van der Waals surface area contributed by atoms with Crippen molar-refractivity contribution in [3.8, 4) is 6.07 Å². The summed E-state index contributed by atoms with van der Waals surface area (Å²) in [5, 5.41) is 23.2. The number of hydrogen-bond acceptors (Lipinski definition) is 3. The van der Waals surface area contributed by atoms with Gasteiger partial charge in [-0.15, -0.1) is 0 Å². The highest BCUT2D eigenvalue weighted by molar-refractivity contribution is 6.30. The lowest BCUT2D eigenvalue weighted by atomic mass is 10.1. The van der Waals surface area contributed by atoms with Crippen LogP contribution in [0.1, 0.15) is 17.2 Å². The number of halogens is 1. The predicted molar refractivity (Wildman–Crippen MR) is 63.4 cm³/mol. The zero-order chi connectivity index (χ0) is 12.3. The fraction of sp³-hybridized carbons (Fsp3) is 0.167. The fourth-order valence-corrected chi connectivity index (χ4v) is 1.66. The Hall–Kier alpha value is -1.83. The first-order chi connectivity index (χ1) is 8.19. The molecule has 1 aromatic carbocycles. The molecule has 0 aliphatic carbocycles. The second-order valence-corrected chi connectivity index (χ2v) is 4.07. The predicted octanol–water partition coefficient (Wildman–Crippen LogP) is 2.14. The van der Waals surface area contributed by atoms with Crippen LogP contribution in [0.25, 0.3) is 0 Å². The Morgan fingerprint density at radius 1 is 1.41 bits per heavy atom. The van der Waals surface area contributed by atoms with Crippen LogP contribution in [0.4, 0.5) is 0 Å². The van der Waals surface area contributed by atoms with E-state index in [0.717, 1.165) is 5.56 Å². The van der Waals surface area contributed by atoms with E-state index in [2.05, 4.69) is 5.10 Å². The van der Waals surface area contributed by atoms with Crippen molar-refractivity contribution in [2.24, 2.45) is 0 Å². The highest BCUT2D eigenvalue weighted by atomic mass is 35.5. The van der Waals surface area contributed by atoms with Crippen LogP contribution in [0, 0.1) is 11.3 Å². The van der Waals surface area contributed by atoms with Gasteiger partial charge in [-0.25, -0.2) is 0 Å². The lowest BCUT2D eigenvalue weighted by molar-refractivity contribution is 0.151. The molecule has 1 heterocycles. The van der Waals surface area contributed by atoms with Gasteiger partial charge in [-0.1, -0.05) is 23.7 Å². The normalized spacial score (nSPS) is 12.1. The van der Waals surface area contributed by atoms with E-state index in [0.29, 0.717) is 17.1 Å². The molecular formula is C12H10ClN3O. The number of aromatic nitrogens is 2. The topological polar surface area (TPSA) is 61.8 Å². The van der Waals surface area contributed by atoms with Gasteiger partial charge in [0.15, 0.2) is 0 Å². The monoisotopic (exact) mass is 247 g/mol. The summed E-state index contributed by atoms with van der Waals surface area (Å²) in [6, 6.07) is 8.84. The summed E-state index contributed by atoms with van der Waals surface area (Å²) >= 11 is 5.73. The van der Waals surface area contributed by atoms with Crippen LogP contribution in [0.3, 0.4) is 0 Å². The first-order valence-electron chi connectivity index (χ1n) is 5.05. The molecule has 0 amide bonds. The maximum atomic E-state index is 9.96. The van der Waals surface area contributed by atoms with Crippen LogP contribution in [-0.2, 0) is 6.54 Å². The third kappa shape index (κ3) is 2.84. The smallest absolute Gasteiger partial charge is 0.0991 e. The van der Waals surface area contributed by atoms with E-state index in [1.807, 2.05) is 6.07 Å². The van der Waals surface area contributed by atoms with Gasteiger partial charge in [-0.3, -0.25) is 4.68 Å². The second-order valence-electron chi connectivity index (χ2n) is 3.63. The summed E-state index contributed by atoms with van der Waals surface area (Å²) in [5.41, 5.74) is 1.32. The lowest BCUT2D eigenvalue weighted by Crippen LogP contribution is -2.08. The molecule has 4 nitrogen and oxygen atoms in total. The van der Waals surface area contributed by atoms with Crippen LogP contribution in [0.5, 0.6) is 0 Å². The molecule has 0 aliphatic rings. The third-order valence-corrected chi connectivity index (χ3v) is 2.58. The molecule has 0 saturated carbocycles. The number of aliphatic hydroxyl groups excluding tert-OH is 1. The van der Waals surface area contributed by atoms with Crippen molar-refractivity contribution < 1.29 is 5.11 Å². The SMILES string of the molecule is N#Cc1ccc(C(O)Cn2cc(Cl)cn2)cc1. The number of rotatable bonds is 3. The molecule has 0 aliphatic heterocycles. The third-order valence-electron chi connectivity index (χ3n) is 2.39. The quantitative estimate of drug-likeness (QED) is 0.904. The summed E-state index contributed by atoms with van der Waals surface area (Å²) in [6.07, 6.45) is 2.50. The van der Waals surface area contributed by atoms with E-state index >= 15 is 0 Å². The molecule has 0 fully saturated rings. The molecule has 2 rings (SSSR count). The van der Waals surface area contributed by atoms with Gasteiger partial charge in [0.25, 0.3) is 0 Å². The number of hydrogen-bond donors (Lipinski definition) is 1. The molecule has 5 heteroatoms. The summed E-state index contributed by atoms with van der Waals surface area (Å²) in [7, 11) is 0. The molecule has 0 saturated heterocycles. The number of aliphatic hydroxyl groups is 1. The van der Waals surface area contributed by atoms with Crippen LogP contribution >= 0.6 is 11.6 Å². The first-order valence-corrected chi connectivity index (χ1v) is 5.43. The van der Waals surface area contributed by atoms with Gasteiger partial charge < -0.3 is 5.11 Å². The van der Waals surface area contributed by atoms with Crippen molar-refractivity contribution in [3.05, 3.63) is 52.8 Å². The summed E-state index contributed by atoms with van der Waals surface area (Å²) in [5.74, 6) is 0. The molecule has 17 heavy (non-hydrogen) atoms. The highest BCUT2D eigenvalue weighted by Gasteiger charge is 2.09. The van der Waals surface area contributed by atoms with Crippen molar-refractivity contribution in [2.75, 3.05) is 0 Å². The summed E-state index contributed by atoms with van der Waals surface area (Å²) in [6.45, 7) is 0.332. The molecule has 86 valence electrons. The Morgan fingerprint density at radius 2 is 2.12 bits per heavy atom. The van der Waals surface area contributed by atoms with E-state index in [1.165, 1.54) is 6.20 Å². The Labute approximate surface area is 104 Å². The van der Waals surface area contributed by atoms with Crippen LogP contribution in [0.15, 0.2) is 36.7 Å². The van der Waals surface area contributed by atoms with E-state index in [-0.39, 0.29) is 0 Å².